The molecule has 0 heterocycles. The van der Waals surface area contributed by atoms with Gasteiger partial charge in [-0.25, -0.2) is 0 Å². The van der Waals surface area contributed by atoms with Crippen LogP contribution in [0.3, 0.4) is 0 Å². The molecule has 82 valence electrons. The molecule has 4 atom stereocenters. The van der Waals surface area contributed by atoms with Crippen molar-refractivity contribution in [2.45, 2.75) is 38.3 Å². The molecule has 0 amide bonds. The van der Waals surface area contributed by atoms with E-state index in [4.69, 9.17) is 10.8 Å². The number of likely N-dealkylation sites (N-methyl/N-ethyl adjacent to an activating group) is 1. The highest BCUT2D eigenvalue weighted by atomic mass is 16.4. The number of carboxylic acid groups (broad SMARTS) is 1. The number of carbonyl (C=O) groups is 1. The first-order chi connectivity index (χ1) is 6.57. The monoisotopic (exact) mass is 200 g/mol. The molecule has 4 N–H and O–H groups in total. The number of hydrogen-bond donors (Lipinski definition) is 3. The third-order valence-electron chi connectivity index (χ3n) is 3.41. The molecule has 14 heavy (non-hydrogen) atoms. The molecule has 0 saturated heterocycles. The fourth-order valence-corrected chi connectivity index (χ4v) is 2.32. The highest BCUT2D eigenvalue weighted by Crippen LogP contribution is 2.34. The highest BCUT2D eigenvalue weighted by Gasteiger charge is 2.38. The van der Waals surface area contributed by atoms with Gasteiger partial charge in [0.1, 0.15) is 0 Å². The predicted molar refractivity (Wildman–Crippen MR) is 55.0 cm³/mol. The van der Waals surface area contributed by atoms with E-state index in [1.54, 1.807) is 0 Å². The minimum absolute atomic E-state index is 0.0522. The summed E-state index contributed by atoms with van der Waals surface area (Å²) in [5.74, 6) is -0.790. The SMILES string of the molecule is CNC(C)C(N)C1CCCC1C(=O)O. The van der Waals surface area contributed by atoms with Gasteiger partial charge in [-0.2, -0.15) is 0 Å². The molecule has 0 aromatic rings. The number of rotatable bonds is 4. The Labute approximate surface area is 84.9 Å². The molecule has 4 nitrogen and oxygen atoms in total. The lowest BCUT2D eigenvalue weighted by atomic mass is 9.86. The molecule has 0 aliphatic heterocycles. The summed E-state index contributed by atoms with van der Waals surface area (Å²) in [6.07, 6.45) is 2.72. The summed E-state index contributed by atoms with van der Waals surface area (Å²) >= 11 is 0. The van der Waals surface area contributed by atoms with Gasteiger partial charge in [-0.05, 0) is 32.7 Å². The van der Waals surface area contributed by atoms with E-state index < -0.39 is 5.97 Å². The summed E-state index contributed by atoms with van der Waals surface area (Å²) in [7, 11) is 1.86. The second kappa shape index (κ2) is 4.75. The van der Waals surface area contributed by atoms with Crippen LogP contribution in [0.1, 0.15) is 26.2 Å². The Morgan fingerprint density at radius 1 is 1.57 bits per heavy atom. The lowest BCUT2D eigenvalue weighted by Gasteiger charge is -2.28. The molecular weight excluding hydrogens is 180 g/mol. The lowest BCUT2D eigenvalue weighted by Crippen LogP contribution is -2.48. The van der Waals surface area contributed by atoms with Gasteiger partial charge >= 0.3 is 5.97 Å². The second-order valence-electron chi connectivity index (χ2n) is 4.19. The van der Waals surface area contributed by atoms with Crippen molar-refractivity contribution in [1.82, 2.24) is 5.32 Å². The maximum absolute atomic E-state index is 11.0. The Morgan fingerprint density at radius 3 is 2.71 bits per heavy atom. The topological polar surface area (TPSA) is 75.3 Å². The van der Waals surface area contributed by atoms with E-state index >= 15 is 0 Å². The van der Waals surface area contributed by atoms with Gasteiger partial charge < -0.3 is 16.2 Å². The molecule has 1 aliphatic carbocycles. The van der Waals surface area contributed by atoms with Gasteiger partial charge in [-0.15, -0.1) is 0 Å². The standard InChI is InChI=1S/C10H20N2O2/c1-6(12-2)9(11)7-4-3-5-8(7)10(13)14/h6-9,12H,3-5,11H2,1-2H3,(H,13,14). The Morgan fingerprint density at radius 2 is 2.21 bits per heavy atom. The van der Waals surface area contributed by atoms with Crippen LogP contribution in [0.2, 0.25) is 0 Å². The quantitative estimate of drug-likeness (QED) is 0.615. The van der Waals surface area contributed by atoms with Gasteiger partial charge in [-0.3, -0.25) is 4.79 Å². The third kappa shape index (κ3) is 2.25. The van der Waals surface area contributed by atoms with Crippen LogP contribution in [-0.4, -0.2) is 30.2 Å². The van der Waals surface area contributed by atoms with Gasteiger partial charge in [0.05, 0.1) is 5.92 Å². The number of nitrogens with one attached hydrogen (secondary N) is 1. The summed E-state index contributed by atoms with van der Waals surface area (Å²) in [5.41, 5.74) is 6.04. The summed E-state index contributed by atoms with van der Waals surface area (Å²) < 4.78 is 0. The van der Waals surface area contributed by atoms with Crippen molar-refractivity contribution in [3.63, 3.8) is 0 Å². The smallest absolute Gasteiger partial charge is 0.306 e. The normalized spacial score (nSPS) is 31.4. The highest BCUT2D eigenvalue weighted by molar-refractivity contribution is 5.70. The average molecular weight is 200 g/mol. The van der Waals surface area contributed by atoms with E-state index in [2.05, 4.69) is 5.32 Å². The van der Waals surface area contributed by atoms with Crippen LogP contribution < -0.4 is 11.1 Å². The molecule has 0 aromatic carbocycles. The molecule has 4 heteroatoms. The van der Waals surface area contributed by atoms with E-state index in [0.29, 0.717) is 0 Å². The summed E-state index contributed by atoms with van der Waals surface area (Å²) in [4.78, 5) is 11.0. The maximum atomic E-state index is 11.0. The van der Waals surface area contributed by atoms with Gasteiger partial charge in [0, 0.05) is 12.1 Å². The van der Waals surface area contributed by atoms with Crippen LogP contribution >= 0.6 is 0 Å². The first-order valence-corrected chi connectivity index (χ1v) is 5.23. The number of nitrogens with two attached hydrogens (primary N) is 1. The van der Waals surface area contributed by atoms with Gasteiger partial charge in [0.15, 0.2) is 0 Å². The molecule has 0 spiro atoms. The third-order valence-corrected chi connectivity index (χ3v) is 3.41. The van der Waals surface area contributed by atoms with E-state index in [-0.39, 0.29) is 23.9 Å². The Bertz CT molecular complexity index is 208. The zero-order valence-corrected chi connectivity index (χ0v) is 8.86. The molecule has 1 rings (SSSR count). The van der Waals surface area contributed by atoms with Crippen molar-refractivity contribution in [2.24, 2.45) is 17.6 Å². The van der Waals surface area contributed by atoms with E-state index in [1.165, 1.54) is 0 Å². The fraction of sp³-hybridized carbons (Fsp3) is 0.900. The van der Waals surface area contributed by atoms with Crippen molar-refractivity contribution in [3.05, 3.63) is 0 Å². The van der Waals surface area contributed by atoms with Gasteiger partial charge in [-0.1, -0.05) is 6.42 Å². The van der Waals surface area contributed by atoms with Crippen LogP contribution in [0.4, 0.5) is 0 Å². The number of carboxylic acids is 1. The van der Waals surface area contributed by atoms with Crippen molar-refractivity contribution < 1.29 is 9.90 Å². The van der Waals surface area contributed by atoms with Crippen molar-refractivity contribution in [2.75, 3.05) is 7.05 Å². The first-order valence-electron chi connectivity index (χ1n) is 5.23. The summed E-state index contributed by atoms with van der Waals surface area (Å²) in [5, 5.41) is 12.1. The van der Waals surface area contributed by atoms with Gasteiger partial charge in [0.25, 0.3) is 0 Å². The van der Waals surface area contributed by atoms with Crippen LogP contribution in [0.25, 0.3) is 0 Å². The molecular formula is C10H20N2O2. The van der Waals surface area contributed by atoms with E-state index in [9.17, 15) is 4.79 Å². The molecule has 1 saturated carbocycles. The van der Waals surface area contributed by atoms with Crippen LogP contribution in [0.15, 0.2) is 0 Å². The molecule has 0 aromatic heterocycles. The van der Waals surface area contributed by atoms with Crippen LogP contribution in [0.5, 0.6) is 0 Å². The Hall–Kier alpha value is -0.610. The zero-order chi connectivity index (χ0) is 10.7. The minimum atomic E-state index is -0.689. The van der Waals surface area contributed by atoms with Crippen molar-refractivity contribution in [1.29, 1.82) is 0 Å². The number of aliphatic carboxylic acids is 1. The first kappa shape index (κ1) is 11.5. The van der Waals surface area contributed by atoms with E-state index in [0.717, 1.165) is 19.3 Å². The zero-order valence-electron chi connectivity index (χ0n) is 8.86. The number of hydrogen-bond acceptors (Lipinski definition) is 3. The maximum Gasteiger partial charge on any atom is 0.306 e. The minimum Gasteiger partial charge on any atom is -0.481 e. The Balaban J connectivity index is 2.61. The predicted octanol–water partition coefficient (Wildman–Crippen LogP) is 0.423. The molecule has 0 bridgehead atoms. The Kier molecular flexibility index (Phi) is 3.89. The molecule has 1 aliphatic rings. The molecule has 4 unspecified atom stereocenters. The summed E-state index contributed by atoms with van der Waals surface area (Å²) in [6.45, 7) is 2.00. The van der Waals surface area contributed by atoms with Crippen LogP contribution in [0, 0.1) is 11.8 Å². The molecule has 0 radical (unpaired) electrons. The molecule has 1 fully saturated rings. The van der Waals surface area contributed by atoms with Crippen LogP contribution in [-0.2, 0) is 4.79 Å². The fourth-order valence-electron chi connectivity index (χ4n) is 2.32. The van der Waals surface area contributed by atoms with Crippen molar-refractivity contribution in [3.8, 4) is 0 Å². The summed E-state index contributed by atoms with van der Waals surface area (Å²) in [6, 6.07) is 0.128. The largest absolute Gasteiger partial charge is 0.481 e. The van der Waals surface area contributed by atoms with E-state index in [1.807, 2.05) is 14.0 Å². The van der Waals surface area contributed by atoms with Gasteiger partial charge in [0.2, 0.25) is 0 Å². The lowest BCUT2D eigenvalue weighted by molar-refractivity contribution is -0.143. The van der Waals surface area contributed by atoms with Crippen molar-refractivity contribution >= 4 is 5.97 Å². The average Bonchev–Trinajstić information content (AvgIpc) is 2.63. The second-order valence-corrected chi connectivity index (χ2v) is 4.19.